The monoisotopic (exact) mass is 235 g/mol. The van der Waals surface area contributed by atoms with Crippen molar-refractivity contribution in [3.05, 3.63) is 16.1 Å². The van der Waals surface area contributed by atoms with Crippen molar-refractivity contribution in [2.75, 3.05) is 0 Å². The molecule has 1 fully saturated rings. The summed E-state index contributed by atoms with van der Waals surface area (Å²) in [6, 6.07) is 0. The van der Waals surface area contributed by atoms with E-state index < -0.39 is 11.2 Å². The molecule has 0 aromatic carbocycles. The zero-order chi connectivity index (χ0) is 11.1. The Morgan fingerprint density at radius 3 is 2.67 bits per heavy atom. The number of Topliss-reactive ketones (excluding diaryl/α,β-unsaturated/α-hetero) is 1. The predicted molar refractivity (Wildman–Crippen MR) is 48.7 cm³/mol. The molecule has 0 spiro atoms. The smallest absolute Gasteiger partial charge is 0.300 e. The van der Waals surface area contributed by atoms with E-state index in [1.165, 1.54) is 6.20 Å². The van der Waals surface area contributed by atoms with Crippen LogP contribution >= 0.6 is 11.3 Å². The molecule has 1 saturated carbocycles. The summed E-state index contributed by atoms with van der Waals surface area (Å²) in [6.07, 6.45) is -1.63. The number of aromatic nitrogens is 1. The Hall–Kier alpha value is -0.910. The first kappa shape index (κ1) is 10.6. The molecule has 2 rings (SSSR count). The number of rotatable bonds is 1. The number of hydrogen-bond acceptors (Lipinski definition) is 3. The molecule has 0 radical (unpaired) electrons. The van der Waals surface area contributed by atoms with Gasteiger partial charge in [0.25, 0.3) is 0 Å². The predicted octanol–water partition coefficient (Wildman–Crippen LogP) is 3.00. The van der Waals surface area contributed by atoms with Gasteiger partial charge in [-0.15, -0.1) is 11.3 Å². The Balaban J connectivity index is 2.17. The highest BCUT2D eigenvalue weighted by Crippen LogP contribution is 2.39. The van der Waals surface area contributed by atoms with E-state index in [0.717, 1.165) is 0 Å². The fourth-order valence-electron chi connectivity index (χ4n) is 1.66. The second-order valence-electron chi connectivity index (χ2n) is 3.54. The number of halogens is 3. The van der Waals surface area contributed by atoms with Gasteiger partial charge in [0.15, 0.2) is 5.01 Å². The normalized spacial score (nSPS) is 22.3. The van der Waals surface area contributed by atoms with Crippen LogP contribution in [0, 0.1) is 0 Å². The van der Waals surface area contributed by atoms with E-state index in [2.05, 4.69) is 4.98 Å². The van der Waals surface area contributed by atoms with Crippen molar-refractivity contribution in [2.24, 2.45) is 0 Å². The molecule has 6 heteroatoms. The molecular weight excluding hydrogens is 227 g/mol. The van der Waals surface area contributed by atoms with Crippen molar-refractivity contribution in [3.63, 3.8) is 0 Å². The number of thiazole rings is 1. The van der Waals surface area contributed by atoms with E-state index in [9.17, 15) is 18.0 Å². The molecule has 1 aliphatic carbocycles. The van der Waals surface area contributed by atoms with Gasteiger partial charge in [0, 0.05) is 29.8 Å². The molecule has 15 heavy (non-hydrogen) atoms. The second-order valence-corrected chi connectivity index (χ2v) is 4.61. The average Bonchev–Trinajstić information content (AvgIpc) is 2.69. The molecule has 0 N–H and O–H groups in total. The van der Waals surface area contributed by atoms with Crippen molar-refractivity contribution in [3.8, 4) is 0 Å². The van der Waals surface area contributed by atoms with Crippen LogP contribution in [0.4, 0.5) is 13.2 Å². The number of alkyl halides is 3. The molecule has 0 aliphatic heterocycles. The van der Waals surface area contributed by atoms with Crippen LogP contribution in [0.25, 0.3) is 0 Å². The van der Waals surface area contributed by atoms with Crippen molar-refractivity contribution in [2.45, 2.75) is 31.4 Å². The second kappa shape index (κ2) is 3.59. The Bertz CT molecular complexity index is 385. The number of nitrogens with zero attached hydrogens (tertiary/aromatic N) is 1. The first-order valence-corrected chi connectivity index (χ1v) is 5.33. The first-order chi connectivity index (χ1) is 6.97. The fraction of sp³-hybridized carbons (Fsp3) is 0.556. The summed E-state index contributed by atoms with van der Waals surface area (Å²) in [5.41, 5.74) is 0. The minimum absolute atomic E-state index is 0.0499. The van der Waals surface area contributed by atoms with Crippen LogP contribution in [0.15, 0.2) is 6.20 Å². The molecule has 0 bridgehead atoms. The topological polar surface area (TPSA) is 30.0 Å². The lowest BCUT2D eigenvalue weighted by Gasteiger charge is -2.02. The molecule has 1 heterocycles. The standard InChI is InChI=1S/C9H8F3NOS/c10-9(11,12)8-13-4-7(15-8)5-1-2-6(14)3-5/h4-5H,1-3H2. The lowest BCUT2D eigenvalue weighted by atomic mass is 10.1. The maximum atomic E-state index is 12.2. The van der Waals surface area contributed by atoms with Crippen LogP contribution < -0.4 is 0 Å². The molecule has 1 aliphatic rings. The number of carbonyl (C=O) groups excluding carboxylic acids is 1. The minimum atomic E-state index is -4.37. The quantitative estimate of drug-likeness (QED) is 0.749. The van der Waals surface area contributed by atoms with E-state index in [4.69, 9.17) is 0 Å². The van der Waals surface area contributed by atoms with Crippen molar-refractivity contribution in [1.29, 1.82) is 0 Å². The number of carbonyl (C=O) groups is 1. The van der Waals surface area contributed by atoms with Crippen LogP contribution in [0.1, 0.15) is 35.1 Å². The van der Waals surface area contributed by atoms with Gasteiger partial charge in [-0.2, -0.15) is 13.2 Å². The van der Waals surface area contributed by atoms with Gasteiger partial charge in [-0.05, 0) is 6.42 Å². The van der Waals surface area contributed by atoms with E-state index in [-0.39, 0.29) is 11.7 Å². The van der Waals surface area contributed by atoms with E-state index in [0.29, 0.717) is 35.5 Å². The Labute approximate surface area is 88.1 Å². The summed E-state index contributed by atoms with van der Waals surface area (Å²) < 4.78 is 36.7. The third kappa shape index (κ3) is 2.19. The molecular formula is C9H8F3NOS. The fourth-order valence-corrected chi connectivity index (χ4v) is 2.58. The molecule has 0 amide bonds. The van der Waals surface area contributed by atoms with Crippen LogP contribution in [0.5, 0.6) is 0 Å². The van der Waals surface area contributed by atoms with Gasteiger partial charge in [-0.1, -0.05) is 0 Å². The maximum Gasteiger partial charge on any atom is 0.443 e. The highest BCUT2D eigenvalue weighted by molar-refractivity contribution is 7.11. The van der Waals surface area contributed by atoms with Crippen LogP contribution in [0.3, 0.4) is 0 Å². The van der Waals surface area contributed by atoms with Crippen molar-refractivity contribution in [1.82, 2.24) is 4.98 Å². The van der Waals surface area contributed by atoms with Gasteiger partial charge in [-0.3, -0.25) is 4.79 Å². The first-order valence-electron chi connectivity index (χ1n) is 4.51. The SMILES string of the molecule is O=C1CCC(c2cnc(C(F)(F)F)s2)C1. The molecule has 82 valence electrons. The lowest BCUT2D eigenvalue weighted by molar-refractivity contribution is -0.137. The van der Waals surface area contributed by atoms with Gasteiger partial charge >= 0.3 is 6.18 Å². The lowest BCUT2D eigenvalue weighted by Crippen LogP contribution is -2.02. The highest BCUT2D eigenvalue weighted by Gasteiger charge is 2.36. The third-order valence-electron chi connectivity index (χ3n) is 2.41. The number of hydrogen-bond donors (Lipinski definition) is 0. The van der Waals surface area contributed by atoms with Gasteiger partial charge in [0.1, 0.15) is 5.78 Å². The van der Waals surface area contributed by atoms with Gasteiger partial charge in [-0.25, -0.2) is 4.98 Å². The Kier molecular flexibility index (Phi) is 2.54. The highest BCUT2D eigenvalue weighted by atomic mass is 32.1. The van der Waals surface area contributed by atoms with Gasteiger partial charge < -0.3 is 0 Å². The summed E-state index contributed by atoms with van der Waals surface area (Å²) in [7, 11) is 0. The van der Waals surface area contributed by atoms with Crippen molar-refractivity contribution >= 4 is 17.1 Å². The molecule has 1 unspecified atom stereocenters. The summed E-state index contributed by atoms with van der Waals surface area (Å²) >= 11 is 0.651. The molecule has 1 aromatic rings. The number of ketones is 1. The molecule has 1 aromatic heterocycles. The third-order valence-corrected chi connectivity index (χ3v) is 3.62. The largest absolute Gasteiger partial charge is 0.443 e. The van der Waals surface area contributed by atoms with Crippen LogP contribution in [-0.4, -0.2) is 10.8 Å². The average molecular weight is 235 g/mol. The van der Waals surface area contributed by atoms with Crippen LogP contribution in [0.2, 0.25) is 0 Å². The zero-order valence-corrected chi connectivity index (χ0v) is 8.49. The zero-order valence-electron chi connectivity index (χ0n) is 7.67. The van der Waals surface area contributed by atoms with E-state index >= 15 is 0 Å². The minimum Gasteiger partial charge on any atom is -0.300 e. The van der Waals surface area contributed by atoms with Gasteiger partial charge in [0.05, 0.1) is 0 Å². The van der Waals surface area contributed by atoms with Crippen LogP contribution in [-0.2, 0) is 11.0 Å². The Morgan fingerprint density at radius 2 is 2.20 bits per heavy atom. The van der Waals surface area contributed by atoms with Gasteiger partial charge in [0.2, 0.25) is 0 Å². The van der Waals surface area contributed by atoms with Crippen molar-refractivity contribution < 1.29 is 18.0 Å². The van der Waals surface area contributed by atoms with E-state index in [1.807, 2.05) is 0 Å². The summed E-state index contributed by atoms with van der Waals surface area (Å²) in [6.45, 7) is 0. The molecule has 1 atom stereocenters. The molecule has 0 saturated heterocycles. The Morgan fingerprint density at radius 1 is 1.47 bits per heavy atom. The summed E-state index contributed by atoms with van der Waals surface area (Å²) in [4.78, 5) is 14.9. The maximum absolute atomic E-state index is 12.2. The molecule has 2 nitrogen and oxygen atoms in total. The summed E-state index contributed by atoms with van der Waals surface area (Å²) in [5, 5.41) is -0.822. The summed E-state index contributed by atoms with van der Waals surface area (Å²) in [5.74, 6) is 0.0769. The van der Waals surface area contributed by atoms with E-state index in [1.54, 1.807) is 0 Å².